The van der Waals surface area contributed by atoms with E-state index >= 15 is 0 Å². The van der Waals surface area contributed by atoms with Crippen molar-refractivity contribution in [3.63, 3.8) is 0 Å². The lowest BCUT2D eigenvalue weighted by molar-refractivity contribution is 0.0302. The number of fused-ring (bicyclic) bond motifs is 1. The van der Waals surface area contributed by atoms with Crippen molar-refractivity contribution >= 4 is 16.7 Å². The summed E-state index contributed by atoms with van der Waals surface area (Å²) in [6.07, 6.45) is 1.25. The molecule has 1 saturated heterocycles. The molecule has 0 spiro atoms. The van der Waals surface area contributed by atoms with Crippen LogP contribution in [0.2, 0.25) is 0 Å². The lowest BCUT2D eigenvalue weighted by atomic mass is 10.1. The second-order valence-corrected chi connectivity index (χ2v) is 4.39. The van der Waals surface area contributed by atoms with E-state index in [1.165, 1.54) is 6.26 Å². The van der Waals surface area contributed by atoms with Gasteiger partial charge in [-0.2, -0.15) is 0 Å². The largest absolute Gasteiger partial charge is 0.430 e. The lowest BCUT2D eigenvalue weighted by Crippen LogP contribution is -2.40. The fourth-order valence-corrected chi connectivity index (χ4v) is 2.24. The van der Waals surface area contributed by atoms with Crippen LogP contribution in [0.15, 0.2) is 39.7 Å². The molecule has 0 radical (unpaired) electrons. The number of carbonyl (C=O) groups excluding carboxylic acids is 1. The maximum atomic E-state index is 12.4. The molecule has 1 aromatic heterocycles. The van der Waals surface area contributed by atoms with Crippen LogP contribution in [0.5, 0.6) is 0 Å². The van der Waals surface area contributed by atoms with E-state index in [9.17, 15) is 9.59 Å². The first kappa shape index (κ1) is 11.9. The van der Waals surface area contributed by atoms with Gasteiger partial charge in [0, 0.05) is 18.5 Å². The number of rotatable bonds is 1. The predicted molar refractivity (Wildman–Crippen MR) is 69.2 cm³/mol. The summed E-state index contributed by atoms with van der Waals surface area (Å²) in [6, 6.07) is 6.98. The number of hydrogen-bond acceptors (Lipinski definition) is 4. The Kier molecular flexibility index (Phi) is 3.05. The molecule has 1 aromatic carbocycles. The van der Waals surface area contributed by atoms with Gasteiger partial charge < -0.3 is 14.1 Å². The first-order chi connectivity index (χ1) is 9.27. The van der Waals surface area contributed by atoms with Crippen molar-refractivity contribution in [2.45, 2.75) is 0 Å². The van der Waals surface area contributed by atoms with E-state index in [4.69, 9.17) is 9.15 Å². The fourth-order valence-electron chi connectivity index (χ4n) is 2.24. The lowest BCUT2D eigenvalue weighted by Gasteiger charge is -2.26. The molecule has 1 amide bonds. The van der Waals surface area contributed by atoms with Gasteiger partial charge in [-0.15, -0.1) is 0 Å². The number of morpholine rings is 1. The molecular formula is C14H13NO4. The van der Waals surface area contributed by atoms with E-state index in [0.717, 1.165) is 0 Å². The first-order valence-electron chi connectivity index (χ1n) is 6.15. The number of amides is 1. The second kappa shape index (κ2) is 4.85. The van der Waals surface area contributed by atoms with Gasteiger partial charge in [-0.25, -0.2) is 4.79 Å². The highest BCUT2D eigenvalue weighted by Crippen LogP contribution is 2.17. The van der Waals surface area contributed by atoms with Crippen molar-refractivity contribution in [1.29, 1.82) is 0 Å². The molecule has 19 heavy (non-hydrogen) atoms. The summed E-state index contributed by atoms with van der Waals surface area (Å²) >= 11 is 0. The van der Waals surface area contributed by atoms with Gasteiger partial charge in [0.25, 0.3) is 5.91 Å². The number of benzene rings is 1. The molecule has 2 heterocycles. The molecule has 0 unspecified atom stereocenters. The van der Waals surface area contributed by atoms with E-state index in [2.05, 4.69) is 0 Å². The number of nitrogens with zero attached hydrogens (tertiary/aromatic N) is 1. The van der Waals surface area contributed by atoms with Crippen molar-refractivity contribution in [2.75, 3.05) is 26.3 Å². The minimum Gasteiger partial charge on any atom is -0.430 e. The summed E-state index contributed by atoms with van der Waals surface area (Å²) in [7, 11) is 0. The zero-order valence-electron chi connectivity index (χ0n) is 10.3. The van der Waals surface area contributed by atoms with E-state index in [-0.39, 0.29) is 5.91 Å². The molecule has 2 aromatic rings. The van der Waals surface area contributed by atoms with Crippen LogP contribution in [0.25, 0.3) is 10.8 Å². The van der Waals surface area contributed by atoms with Gasteiger partial charge in [0.1, 0.15) is 6.26 Å². The standard InChI is InChI=1S/C14H13NO4/c16-13(15-5-7-18-8-6-15)12-9-19-14(17)11-4-2-1-3-10(11)12/h1-4,9H,5-8H2. The van der Waals surface area contributed by atoms with Crippen molar-refractivity contribution in [2.24, 2.45) is 0 Å². The van der Waals surface area contributed by atoms with Crippen LogP contribution in [0.3, 0.4) is 0 Å². The highest BCUT2D eigenvalue weighted by molar-refractivity contribution is 6.06. The average Bonchev–Trinajstić information content (AvgIpc) is 2.48. The minimum absolute atomic E-state index is 0.122. The van der Waals surface area contributed by atoms with Gasteiger partial charge in [0.05, 0.1) is 24.2 Å². The van der Waals surface area contributed by atoms with Crippen LogP contribution in [-0.2, 0) is 4.74 Å². The summed E-state index contributed by atoms with van der Waals surface area (Å²) < 4.78 is 10.2. The third kappa shape index (κ3) is 2.13. The molecule has 3 rings (SSSR count). The Morgan fingerprint density at radius 3 is 2.53 bits per heavy atom. The van der Waals surface area contributed by atoms with Crippen LogP contribution in [-0.4, -0.2) is 37.1 Å². The third-order valence-corrected chi connectivity index (χ3v) is 3.25. The SMILES string of the molecule is O=C(c1coc(=O)c2ccccc12)N1CCOCC1. The topological polar surface area (TPSA) is 59.8 Å². The summed E-state index contributed by atoms with van der Waals surface area (Å²) in [4.78, 5) is 25.8. The molecule has 0 saturated carbocycles. The number of ether oxygens (including phenoxy) is 1. The monoisotopic (exact) mass is 259 g/mol. The number of carbonyl (C=O) groups is 1. The highest BCUT2D eigenvalue weighted by atomic mass is 16.5. The summed E-state index contributed by atoms with van der Waals surface area (Å²) in [5, 5.41) is 1.07. The molecule has 0 N–H and O–H groups in total. The van der Waals surface area contributed by atoms with E-state index in [0.29, 0.717) is 42.6 Å². The Morgan fingerprint density at radius 1 is 1.11 bits per heavy atom. The van der Waals surface area contributed by atoms with Crippen LogP contribution in [0.4, 0.5) is 0 Å². The van der Waals surface area contributed by atoms with Crippen LogP contribution in [0, 0.1) is 0 Å². The third-order valence-electron chi connectivity index (χ3n) is 3.25. The van der Waals surface area contributed by atoms with E-state index in [1.54, 1.807) is 29.2 Å². The number of hydrogen-bond donors (Lipinski definition) is 0. The summed E-state index contributed by atoms with van der Waals surface area (Å²) in [6.45, 7) is 2.21. The molecule has 0 aliphatic carbocycles. The Morgan fingerprint density at radius 2 is 1.79 bits per heavy atom. The van der Waals surface area contributed by atoms with E-state index in [1.807, 2.05) is 0 Å². The summed E-state index contributed by atoms with van der Waals surface area (Å²) in [5.41, 5.74) is 0.00577. The predicted octanol–water partition coefficient (Wildman–Crippen LogP) is 1.27. The maximum Gasteiger partial charge on any atom is 0.343 e. The van der Waals surface area contributed by atoms with Crippen LogP contribution < -0.4 is 5.63 Å². The van der Waals surface area contributed by atoms with Gasteiger partial charge in [0.2, 0.25) is 0 Å². The van der Waals surface area contributed by atoms with Gasteiger partial charge in [-0.05, 0) is 6.07 Å². The zero-order chi connectivity index (χ0) is 13.2. The highest BCUT2D eigenvalue weighted by Gasteiger charge is 2.21. The average molecular weight is 259 g/mol. The molecule has 5 nitrogen and oxygen atoms in total. The second-order valence-electron chi connectivity index (χ2n) is 4.39. The molecule has 1 aliphatic heterocycles. The maximum absolute atomic E-state index is 12.4. The molecule has 98 valence electrons. The van der Waals surface area contributed by atoms with Gasteiger partial charge >= 0.3 is 5.63 Å². The molecule has 1 fully saturated rings. The van der Waals surface area contributed by atoms with Crippen molar-refractivity contribution in [3.05, 3.63) is 46.5 Å². The Bertz CT molecular complexity index is 670. The fraction of sp³-hybridized carbons (Fsp3) is 0.286. The quantitative estimate of drug-likeness (QED) is 0.773. The van der Waals surface area contributed by atoms with E-state index < -0.39 is 5.63 Å². The first-order valence-corrected chi connectivity index (χ1v) is 6.15. The molecule has 0 bridgehead atoms. The van der Waals surface area contributed by atoms with Gasteiger partial charge in [-0.1, -0.05) is 18.2 Å². The van der Waals surface area contributed by atoms with Crippen molar-refractivity contribution in [1.82, 2.24) is 4.90 Å². The van der Waals surface area contributed by atoms with Crippen molar-refractivity contribution in [3.8, 4) is 0 Å². The minimum atomic E-state index is -0.422. The Balaban J connectivity index is 2.07. The molecule has 0 atom stereocenters. The normalized spacial score (nSPS) is 15.7. The van der Waals surface area contributed by atoms with Crippen LogP contribution in [0.1, 0.15) is 10.4 Å². The van der Waals surface area contributed by atoms with Gasteiger partial charge in [-0.3, -0.25) is 4.79 Å². The zero-order valence-corrected chi connectivity index (χ0v) is 10.3. The van der Waals surface area contributed by atoms with Crippen molar-refractivity contribution < 1.29 is 13.9 Å². The Labute approximate surface area is 109 Å². The molecule has 1 aliphatic rings. The van der Waals surface area contributed by atoms with Crippen LogP contribution >= 0.6 is 0 Å². The molecular weight excluding hydrogens is 246 g/mol. The van der Waals surface area contributed by atoms with Gasteiger partial charge in [0.15, 0.2) is 0 Å². The smallest absolute Gasteiger partial charge is 0.343 e. The summed E-state index contributed by atoms with van der Waals surface area (Å²) in [5.74, 6) is -0.122. The molecule has 5 heteroatoms. The Hall–Kier alpha value is -2.14.